The van der Waals surface area contributed by atoms with Crippen LogP contribution in [0.5, 0.6) is 5.75 Å². The normalized spacial score (nSPS) is 15.0. The minimum absolute atomic E-state index is 0.0605. The summed E-state index contributed by atoms with van der Waals surface area (Å²) in [5, 5.41) is 2.15. The van der Waals surface area contributed by atoms with E-state index in [0.29, 0.717) is 11.3 Å². The molecular formula is C24H26N2O2. The SMILES string of the molecule is COc1cc2ccccc2cc1C(=O)N1CCN(CCc2ccccc2)CC1. The molecular weight excluding hydrogens is 348 g/mol. The van der Waals surface area contributed by atoms with Gasteiger partial charge in [-0.1, -0.05) is 54.6 Å². The van der Waals surface area contributed by atoms with Crippen molar-refractivity contribution in [3.8, 4) is 5.75 Å². The molecule has 0 N–H and O–H groups in total. The molecule has 0 bridgehead atoms. The second-order valence-corrected chi connectivity index (χ2v) is 7.27. The first-order chi connectivity index (χ1) is 13.7. The minimum Gasteiger partial charge on any atom is -0.496 e. The van der Waals surface area contributed by atoms with Crippen LogP contribution in [0.1, 0.15) is 15.9 Å². The summed E-state index contributed by atoms with van der Waals surface area (Å²) in [6, 6.07) is 22.5. The van der Waals surface area contributed by atoms with Crippen molar-refractivity contribution in [2.75, 3.05) is 39.8 Å². The summed E-state index contributed by atoms with van der Waals surface area (Å²) < 4.78 is 5.52. The molecule has 0 unspecified atom stereocenters. The molecule has 0 saturated carbocycles. The fourth-order valence-corrected chi connectivity index (χ4v) is 3.83. The fourth-order valence-electron chi connectivity index (χ4n) is 3.83. The predicted octanol–water partition coefficient (Wildman–Crippen LogP) is 3.85. The summed E-state index contributed by atoms with van der Waals surface area (Å²) in [7, 11) is 1.63. The molecule has 1 fully saturated rings. The Kier molecular flexibility index (Phi) is 5.58. The van der Waals surface area contributed by atoms with Gasteiger partial charge in [-0.15, -0.1) is 0 Å². The molecule has 4 heteroatoms. The first-order valence-corrected chi connectivity index (χ1v) is 9.87. The summed E-state index contributed by atoms with van der Waals surface area (Å²) in [5.74, 6) is 0.709. The van der Waals surface area contributed by atoms with Crippen molar-refractivity contribution in [1.29, 1.82) is 0 Å². The maximum absolute atomic E-state index is 13.1. The van der Waals surface area contributed by atoms with Crippen LogP contribution < -0.4 is 4.74 Å². The molecule has 0 aliphatic carbocycles. The largest absolute Gasteiger partial charge is 0.496 e. The summed E-state index contributed by atoms with van der Waals surface area (Å²) in [6.07, 6.45) is 1.05. The standard InChI is InChI=1S/C24H26N2O2/c1-28-23-18-21-10-6-5-9-20(21)17-22(23)24(27)26-15-13-25(14-16-26)12-11-19-7-3-2-4-8-19/h2-10,17-18H,11-16H2,1H3. The molecule has 1 saturated heterocycles. The van der Waals surface area contributed by atoms with Crippen LogP contribution in [0.3, 0.4) is 0 Å². The van der Waals surface area contributed by atoms with Crippen molar-refractivity contribution in [2.24, 2.45) is 0 Å². The Labute approximate surface area is 166 Å². The Hall–Kier alpha value is -2.85. The van der Waals surface area contributed by atoms with Gasteiger partial charge in [0, 0.05) is 32.7 Å². The van der Waals surface area contributed by atoms with Crippen LogP contribution in [0.2, 0.25) is 0 Å². The van der Waals surface area contributed by atoms with Gasteiger partial charge in [-0.05, 0) is 34.9 Å². The van der Waals surface area contributed by atoms with Crippen LogP contribution in [0.4, 0.5) is 0 Å². The maximum atomic E-state index is 13.1. The van der Waals surface area contributed by atoms with Crippen LogP contribution in [0.15, 0.2) is 66.7 Å². The van der Waals surface area contributed by atoms with Crippen molar-refractivity contribution in [3.05, 3.63) is 77.9 Å². The molecule has 0 radical (unpaired) electrons. The van der Waals surface area contributed by atoms with Gasteiger partial charge in [0.2, 0.25) is 0 Å². The van der Waals surface area contributed by atoms with Crippen molar-refractivity contribution >= 4 is 16.7 Å². The molecule has 0 spiro atoms. The zero-order valence-corrected chi connectivity index (χ0v) is 16.3. The summed E-state index contributed by atoms with van der Waals surface area (Å²) in [6.45, 7) is 4.36. The van der Waals surface area contributed by atoms with Gasteiger partial charge in [-0.25, -0.2) is 0 Å². The van der Waals surface area contributed by atoms with Gasteiger partial charge < -0.3 is 9.64 Å². The van der Waals surface area contributed by atoms with Crippen LogP contribution in [-0.2, 0) is 6.42 Å². The van der Waals surface area contributed by atoms with E-state index >= 15 is 0 Å². The van der Waals surface area contributed by atoms with Crippen molar-refractivity contribution < 1.29 is 9.53 Å². The number of hydrogen-bond donors (Lipinski definition) is 0. The van der Waals surface area contributed by atoms with E-state index in [0.717, 1.165) is 49.9 Å². The highest BCUT2D eigenvalue weighted by molar-refractivity contribution is 6.01. The molecule has 4 rings (SSSR count). The Morgan fingerprint density at radius 3 is 2.21 bits per heavy atom. The summed E-state index contributed by atoms with van der Waals surface area (Å²) in [5.41, 5.74) is 2.01. The van der Waals surface area contributed by atoms with Crippen molar-refractivity contribution in [3.63, 3.8) is 0 Å². The number of carbonyl (C=O) groups excluding carboxylic acids is 1. The highest BCUT2D eigenvalue weighted by Crippen LogP contribution is 2.27. The average Bonchev–Trinajstić information content (AvgIpc) is 2.77. The number of rotatable bonds is 5. The van der Waals surface area contributed by atoms with E-state index < -0.39 is 0 Å². The molecule has 1 heterocycles. The second kappa shape index (κ2) is 8.44. The van der Waals surface area contributed by atoms with Crippen LogP contribution in [0, 0.1) is 0 Å². The molecule has 28 heavy (non-hydrogen) atoms. The molecule has 0 atom stereocenters. The van der Waals surface area contributed by atoms with Crippen molar-refractivity contribution in [1.82, 2.24) is 9.80 Å². The minimum atomic E-state index is 0.0605. The molecule has 3 aromatic carbocycles. The second-order valence-electron chi connectivity index (χ2n) is 7.27. The van der Waals surface area contributed by atoms with Gasteiger partial charge in [0.15, 0.2) is 0 Å². The number of hydrogen-bond acceptors (Lipinski definition) is 3. The third-order valence-corrected chi connectivity index (χ3v) is 5.52. The fraction of sp³-hybridized carbons (Fsp3) is 0.292. The van der Waals surface area contributed by atoms with E-state index in [-0.39, 0.29) is 5.91 Å². The third kappa shape index (κ3) is 4.02. The van der Waals surface area contributed by atoms with E-state index in [4.69, 9.17) is 4.74 Å². The number of ether oxygens (including phenoxy) is 1. The monoisotopic (exact) mass is 374 g/mol. The molecule has 1 aliphatic heterocycles. The van der Waals surface area contributed by atoms with Crippen LogP contribution in [-0.4, -0.2) is 55.5 Å². The third-order valence-electron chi connectivity index (χ3n) is 5.52. The number of amides is 1. The van der Waals surface area contributed by atoms with Gasteiger partial charge in [0.1, 0.15) is 5.75 Å². The van der Waals surface area contributed by atoms with Gasteiger partial charge in [0.25, 0.3) is 5.91 Å². The maximum Gasteiger partial charge on any atom is 0.257 e. The van der Waals surface area contributed by atoms with E-state index in [9.17, 15) is 4.79 Å². The lowest BCUT2D eigenvalue weighted by molar-refractivity contribution is 0.0635. The molecule has 144 valence electrons. The van der Waals surface area contributed by atoms with Gasteiger partial charge in [0.05, 0.1) is 12.7 Å². The van der Waals surface area contributed by atoms with Crippen LogP contribution >= 0.6 is 0 Å². The number of methoxy groups -OCH3 is 1. The Bertz CT molecular complexity index is 947. The quantitative estimate of drug-likeness (QED) is 0.680. The number of carbonyl (C=O) groups is 1. The van der Waals surface area contributed by atoms with E-state index in [2.05, 4.69) is 35.2 Å². The lowest BCUT2D eigenvalue weighted by Crippen LogP contribution is -2.49. The van der Waals surface area contributed by atoms with Gasteiger partial charge in [-0.2, -0.15) is 0 Å². The van der Waals surface area contributed by atoms with Gasteiger partial charge >= 0.3 is 0 Å². The smallest absolute Gasteiger partial charge is 0.257 e. The number of fused-ring (bicyclic) bond motifs is 1. The molecule has 0 aromatic heterocycles. The summed E-state index contributed by atoms with van der Waals surface area (Å²) in [4.78, 5) is 17.5. The number of piperazine rings is 1. The molecule has 1 amide bonds. The van der Waals surface area contributed by atoms with Crippen LogP contribution in [0.25, 0.3) is 10.8 Å². The van der Waals surface area contributed by atoms with E-state index in [1.807, 2.05) is 41.3 Å². The molecule has 4 nitrogen and oxygen atoms in total. The Balaban J connectivity index is 1.40. The van der Waals surface area contributed by atoms with E-state index in [1.54, 1.807) is 7.11 Å². The van der Waals surface area contributed by atoms with E-state index in [1.165, 1.54) is 5.56 Å². The van der Waals surface area contributed by atoms with Crippen molar-refractivity contribution in [2.45, 2.75) is 6.42 Å². The average molecular weight is 374 g/mol. The topological polar surface area (TPSA) is 32.8 Å². The first-order valence-electron chi connectivity index (χ1n) is 9.87. The Morgan fingerprint density at radius 2 is 1.54 bits per heavy atom. The first kappa shape index (κ1) is 18.5. The lowest BCUT2D eigenvalue weighted by Gasteiger charge is -2.35. The summed E-state index contributed by atoms with van der Waals surface area (Å²) >= 11 is 0. The number of benzene rings is 3. The highest BCUT2D eigenvalue weighted by Gasteiger charge is 2.24. The Morgan fingerprint density at radius 1 is 0.893 bits per heavy atom. The highest BCUT2D eigenvalue weighted by atomic mass is 16.5. The van der Waals surface area contributed by atoms with Gasteiger partial charge in [-0.3, -0.25) is 9.69 Å². The predicted molar refractivity (Wildman–Crippen MR) is 113 cm³/mol. The zero-order valence-electron chi connectivity index (χ0n) is 16.3. The number of nitrogens with zero attached hydrogens (tertiary/aromatic N) is 2. The lowest BCUT2D eigenvalue weighted by atomic mass is 10.0. The molecule has 1 aliphatic rings. The zero-order chi connectivity index (χ0) is 19.3. The molecule has 3 aromatic rings.